The fourth-order valence-corrected chi connectivity index (χ4v) is 3.08. The molecule has 0 saturated heterocycles. The highest BCUT2D eigenvalue weighted by Crippen LogP contribution is 2.54. The van der Waals surface area contributed by atoms with Crippen molar-refractivity contribution < 1.29 is 27.9 Å². The van der Waals surface area contributed by atoms with Crippen molar-refractivity contribution in [1.29, 1.82) is 0 Å². The molecule has 7 heteroatoms. The maximum Gasteiger partial charge on any atom is 0.370 e. The quantitative estimate of drug-likeness (QED) is 0.471. The average molecular weight is 268 g/mol. The lowest BCUT2D eigenvalue weighted by Gasteiger charge is -2.25. The minimum atomic E-state index is -3.44. The van der Waals surface area contributed by atoms with E-state index in [4.69, 9.17) is 18.5 Å². The smallest absolute Gasteiger partial charge is 0.370 e. The van der Waals surface area contributed by atoms with Crippen LogP contribution in [0.25, 0.3) is 0 Å². The summed E-state index contributed by atoms with van der Waals surface area (Å²) in [6.45, 7) is 5.41. The number of rotatable bonds is 9. The van der Waals surface area contributed by atoms with Crippen LogP contribution in [0, 0.1) is 0 Å². The zero-order chi connectivity index (χ0) is 13.3. The molecular formula is C10H21O6P. The fourth-order valence-electron chi connectivity index (χ4n) is 1.26. The Morgan fingerprint density at radius 2 is 1.76 bits per heavy atom. The molecule has 0 aromatic carbocycles. The lowest BCUT2D eigenvalue weighted by Crippen LogP contribution is -2.21. The van der Waals surface area contributed by atoms with Gasteiger partial charge in [0.1, 0.15) is 0 Å². The van der Waals surface area contributed by atoms with Gasteiger partial charge in [0.25, 0.3) is 0 Å². The van der Waals surface area contributed by atoms with E-state index in [1.807, 2.05) is 0 Å². The Morgan fingerprint density at radius 3 is 2.12 bits per heavy atom. The molecule has 0 aromatic heterocycles. The summed E-state index contributed by atoms with van der Waals surface area (Å²) in [5.41, 5.74) is 0. The molecule has 0 heterocycles. The van der Waals surface area contributed by atoms with E-state index in [-0.39, 0.29) is 19.6 Å². The highest BCUT2D eigenvalue weighted by Gasteiger charge is 2.37. The number of hydrogen-bond donors (Lipinski definition) is 0. The van der Waals surface area contributed by atoms with Gasteiger partial charge >= 0.3 is 13.6 Å². The Balaban J connectivity index is 4.78. The van der Waals surface area contributed by atoms with Gasteiger partial charge in [-0.25, -0.2) is 0 Å². The van der Waals surface area contributed by atoms with Gasteiger partial charge in [-0.15, -0.1) is 0 Å². The standard InChI is InChI=1S/C10H21O6P/c1-5-14-17(12,15-6-2)10(7-8-13-4)16-9(3)11/h10H,5-8H2,1-4H3/t10-/m0/s1. The van der Waals surface area contributed by atoms with Gasteiger partial charge < -0.3 is 18.5 Å². The maximum absolute atomic E-state index is 12.4. The molecule has 0 aliphatic carbocycles. The highest BCUT2D eigenvalue weighted by molar-refractivity contribution is 7.54. The van der Waals surface area contributed by atoms with Crippen molar-refractivity contribution in [3.8, 4) is 0 Å². The monoisotopic (exact) mass is 268 g/mol. The molecule has 0 fully saturated rings. The molecule has 0 radical (unpaired) electrons. The third kappa shape index (κ3) is 6.17. The van der Waals surface area contributed by atoms with E-state index in [0.29, 0.717) is 6.61 Å². The summed E-state index contributed by atoms with van der Waals surface area (Å²) in [5, 5.41) is 0. The van der Waals surface area contributed by atoms with E-state index in [2.05, 4.69) is 0 Å². The lowest BCUT2D eigenvalue weighted by atomic mass is 10.5. The van der Waals surface area contributed by atoms with E-state index >= 15 is 0 Å². The average Bonchev–Trinajstić information content (AvgIpc) is 2.24. The largest absolute Gasteiger partial charge is 0.449 e. The van der Waals surface area contributed by atoms with Gasteiger partial charge in [-0.1, -0.05) is 0 Å². The topological polar surface area (TPSA) is 71.1 Å². The minimum absolute atomic E-state index is 0.224. The predicted octanol–water partition coefficient (Wildman–Crippen LogP) is 2.18. The van der Waals surface area contributed by atoms with Crippen LogP contribution in [-0.4, -0.2) is 38.7 Å². The normalized spacial score (nSPS) is 13.4. The maximum atomic E-state index is 12.4. The van der Waals surface area contributed by atoms with Crippen LogP contribution in [0.15, 0.2) is 0 Å². The second-order valence-electron chi connectivity index (χ2n) is 3.22. The number of hydrogen-bond acceptors (Lipinski definition) is 6. The summed E-state index contributed by atoms with van der Waals surface area (Å²) in [6.07, 6.45) is 0.271. The molecule has 0 aliphatic rings. The van der Waals surface area contributed by atoms with Gasteiger partial charge in [0.05, 0.1) is 19.8 Å². The summed E-state index contributed by atoms with van der Waals surface area (Å²) < 4.78 is 32.5. The third-order valence-electron chi connectivity index (χ3n) is 1.84. The molecule has 0 bridgehead atoms. The SMILES string of the molecule is CCOP(=O)(OCC)[C@@H](CCOC)OC(C)=O. The number of ether oxygens (including phenoxy) is 2. The third-order valence-corrected chi connectivity index (χ3v) is 4.15. The number of methoxy groups -OCH3 is 1. The van der Waals surface area contributed by atoms with Crippen molar-refractivity contribution in [1.82, 2.24) is 0 Å². The Bertz CT molecular complexity index is 258. The van der Waals surface area contributed by atoms with Gasteiger partial charge in [-0.05, 0) is 13.8 Å². The van der Waals surface area contributed by atoms with Crippen molar-refractivity contribution >= 4 is 13.6 Å². The summed E-state index contributed by atoms with van der Waals surface area (Å²) in [4.78, 5) is 11.0. The summed E-state index contributed by atoms with van der Waals surface area (Å²) in [7, 11) is -1.93. The van der Waals surface area contributed by atoms with Crippen LogP contribution < -0.4 is 0 Å². The lowest BCUT2D eigenvalue weighted by molar-refractivity contribution is -0.144. The van der Waals surface area contributed by atoms with E-state index in [1.54, 1.807) is 13.8 Å². The highest BCUT2D eigenvalue weighted by atomic mass is 31.2. The summed E-state index contributed by atoms with van der Waals surface area (Å²) in [6, 6.07) is 0. The van der Waals surface area contributed by atoms with Crippen LogP contribution in [0.5, 0.6) is 0 Å². The molecule has 0 aromatic rings. The molecule has 0 rings (SSSR count). The van der Waals surface area contributed by atoms with Crippen molar-refractivity contribution in [2.45, 2.75) is 33.0 Å². The number of carbonyl (C=O) groups excluding carboxylic acids is 1. The minimum Gasteiger partial charge on any atom is -0.449 e. The van der Waals surface area contributed by atoms with Gasteiger partial charge in [-0.2, -0.15) is 0 Å². The van der Waals surface area contributed by atoms with E-state index < -0.39 is 19.4 Å². The Morgan fingerprint density at radius 1 is 1.24 bits per heavy atom. The fraction of sp³-hybridized carbons (Fsp3) is 0.900. The molecule has 102 valence electrons. The van der Waals surface area contributed by atoms with Crippen LogP contribution in [-0.2, 0) is 27.9 Å². The van der Waals surface area contributed by atoms with Gasteiger partial charge in [0.15, 0.2) is 0 Å². The first-order chi connectivity index (χ1) is 8.00. The van der Waals surface area contributed by atoms with Crippen LogP contribution in [0.2, 0.25) is 0 Å². The van der Waals surface area contributed by atoms with Crippen molar-refractivity contribution in [2.24, 2.45) is 0 Å². The van der Waals surface area contributed by atoms with Crippen LogP contribution in [0.4, 0.5) is 0 Å². The number of carbonyl (C=O) groups is 1. The van der Waals surface area contributed by atoms with Crippen LogP contribution in [0.3, 0.4) is 0 Å². The zero-order valence-corrected chi connectivity index (χ0v) is 11.7. The Hall–Kier alpha value is -0.420. The first-order valence-corrected chi connectivity index (χ1v) is 7.16. The van der Waals surface area contributed by atoms with Gasteiger partial charge in [0.2, 0.25) is 5.85 Å². The van der Waals surface area contributed by atoms with E-state index in [1.165, 1.54) is 14.0 Å². The second-order valence-corrected chi connectivity index (χ2v) is 5.39. The molecule has 6 nitrogen and oxygen atoms in total. The molecule has 0 aliphatic heterocycles. The van der Waals surface area contributed by atoms with Crippen molar-refractivity contribution in [3.63, 3.8) is 0 Å². The van der Waals surface area contributed by atoms with E-state index in [9.17, 15) is 9.36 Å². The summed E-state index contributed by atoms with van der Waals surface area (Å²) >= 11 is 0. The molecule has 0 amide bonds. The van der Waals surface area contributed by atoms with Crippen molar-refractivity contribution in [3.05, 3.63) is 0 Å². The van der Waals surface area contributed by atoms with Gasteiger partial charge in [0, 0.05) is 20.5 Å². The molecule has 0 N–H and O–H groups in total. The Labute approximate surface area is 102 Å². The second kappa shape index (κ2) is 8.64. The van der Waals surface area contributed by atoms with Crippen molar-refractivity contribution in [2.75, 3.05) is 26.9 Å². The molecule has 0 spiro atoms. The van der Waals surface area contributed by atoms with Gasteiger partial charge in [-0.3, -0.25) is 9.36 Å². The Kier molecular flexibility index (Phi) is 8.43. The first-order valence-electron chi connectivity index (χ1n) is 5.55. The van der Waals surface area contributed by atoms with Crippen LogP contribution >= 0.6 is 7.60 Å². The zero-order valence-electron chi connectivity index (χ0n) is 10.8. The molecule has 0 unspecified atom stereocenters. The molecule has 1 atom stereocenters. The molecular weight excluding hydrogens is 247 g/mol. The first kappa shape index (κ1) is 16.6. The number of esters is 1. The molecule has 17 heavy (non-hydrogen) atoms. The summed E-state index contributed by atoms with van der Waals surface area (Å²) in [5.74, 6) is -1.44. The predicted molar refractivity (Wildman–Crippen MR) is 62.9 cm³/mol. The van der Waals surface area contributed by atoms with E-state index in [0.717, 1.165) is 0 Å². The van der Waals surface area contributed by atoms with Crippen LogP contribution in [0.1, 0.15) is 27.2 Å². The molecule has 0 saturated carbocycles.